The number of carbonyl (C=O) groups excluding carboxylic acids is 1. The SMILES string of the molecule is O=C1C[C@H]2C[C@@H](O)[C@H](/C(O)=C\CCc3ccccc3)[C@H]2C1. The Morgan fingerprint density at radius 2 is 2.00 bits per heavy atom. The van der Waals surface area contributed by atoms with Crippen molar-refractivity contribution >= 4 is 5.78 Å². The van der Waals surface area contributed by atoms with Crippen LogP contribution in [0.3, 0.4) is 0 Å². The van der Waals surface area contributed by atoms with Crippen molar-refractivity contribution in [2.75, 3.05) is 0 Å². The molecule has 1 aromatic carbocycles. The molecule has 21 heavy (non-hydrogen) atoms. The van der Waals surface area contributed by atoms with Gasteiger partial charge in [0.15, 0.2) is 0 Å². The summed E-state index contributed by atoms with van der Waals surface area (Å²) in [6.07, 6.45) is 4.70. The van der Waals surface area contributed by atoms with Crippen LogP contribution in [-0.4, -0.2) is 22.1 Å². The number of rotatable bonds is 4. The number of aryl methyl sites for hydroxylation is 1. The first-order valence-electron chi connectivity index (χ1n) is 7.78. The highest BCUT2D eigenvalue weighted by atomic mass is 16.3. The van der Waals surface area contributed by atoms with Gasteiger partial charge in [0.25, 0.3) is 0 Å². The Balaban J connectivity index is 1.62. The molecular formula is C18H22O3. The molecule has 0 saturated heterocycles. The Bertz CT molecular complexity index is 535. The van der Waals surface area contributed by atoms with Crippen LogP contribution in [0, 0.1) is 17.8 Å². The van der Waals surface area contributed by atoms with E-state index in [4.69, 9.17) is 0 Å². The van der Waals surface area contributed by atoms with Crippen molar-refractivity contribution in [2.45, 2.75) is 38.2 Å². The summed E-state index contributed by atoms with van der Waals surface area (Å²) >= 11 is 0. The number of benzene rings is 1. The average molecular weight is 286 g/mol. The van der Waals surface area contributed by atoms with Crippen LogP contribution in [0.25, 0.3) is 0 Å². The Kier molecular flexibility index (Phi) is 4.11. The minimum atomic E-state index is -0.499. The molecule has 0 aromatic heterocycles. The molecule has 0 unspecified atom stereocenters. The summed E-state index contributed by atoms with van der Waals surface area (Å²) < 4.78 is 0. The zero-order chi connectivity index (χ0) is 14.8. The van der Waals surface area contributed by atoms with Crippen molar-refractivity contribution < 1.29 is 15.0 Å². The van der Waals surface area contributed by atoms with Crippen LogP contribution in [0.5, 0.6) is 0 Å². The molecule has 2 N–H and O–H groups in total. The van der Waals surface area contributed by atoms with Gasteiger partial charge < -0.3 is 10.2 Å². The first-order chi connectivity index (χ1) is 10.1. The van der Waals surface area contributed by atoms with Gasteiger partial charge in [-0.15, -0.1) is 0 Å². The van der Waals surface area contributed by atoms with Gasteiger partial charge in [0, 0.05) is 18.8 Å². The normalized spacial score (nSPS) is 32.4. The van der Waals surface area contributed by atoms with E-state index in [2.05, 4.69) is 12.1 Å². The van der Waals surface area contributed by atoms with Crippen LogP contribution in [0.2, 0.25) is 0 Å². The number of hydrogen-bond acceptors (Lipinski definition) is 3. The maximum atomic E-state index is 11.5. The highest BCUT2D eigenvalue weighted by Crippen LogP contribution is 2.48. The molecule has 0 spiro atoms. The smallest absolute Gasteiger partial charge is 0.133 e. The van der Waals surface area contributed by atoms with Gasteiger partial charge in [-0.2, -0.15) is 0 Å². The van der Waals surface area contributed by atoms with E-state index in [0.29, 0.717) is 19.3 Å². The summed E-state index contributed by atoms with van der Waals surface area (Å²) in [5.74, 6) is 0.722. The highest BCUT2D eigenvalue weighted by molar-refractivity contribution is 5.81. The van der Waals surface area contributed by atoms with Crippen LogP contribution >= 0.6 is 0 Å². The van der Waals surface area contributed by atoms with E-state index in [1.807, 2.05) is 24.3 Å². The van der Waals surface area contributed by atoms with Crippen LogP contribution in [0.4, 0.5) is 0 Å². The van der Waals surface area contributed by atoms with E-state index >= 15 is 0 Å². The molecule has 112 valence electrons. The van der Waals surface area contributed by atoms with Crippen molar-refractivity contribution in [3.05, 3.63) is 47.7 Å². The zero-order valence-electron chi connectivity index (χ0n) is 12.1. The molecule has 0 aliphatic heterocycles. The van der Waals surface area contributed by atoms with E-state index in [9.17, 15) is 15.0 Å². The number of allylic oxidation sites excluding steroid dienone is 1. The Hall–Kier alpha value is -1.61. The minimum absolute atomic E-state index is 0.139. The van der Waals surface area contributed by atoms with Crippen molar-refractivity contribution in [3.63, 3.8) is 0 Å². The molecule has 3 rings (SSSR count). The van der Waals surface area contributed by atoms with Gasteiger partial charge in [-0.1, -0.05) is 30.3 Å². The predicted molar refractivity (Wildman–Crippen MR) is 80.8 cm³/mol. The van der Waals surface area contributed by atoms with Crippen LogP contribution < -0.4 is 0 Å². The second kappa shape index (κ2) is 6.02. The summed E-state index contributed by atoms with van der Waals surface area (Å²) in [7, 11) is 0. The molecular weight excluding hydrogens is 264 g/mol. The third-order valence-electron chi connectivity index (χ3n) is 4.95. The van der Waals surface area contributed by atoms with Crippen molar-refractivity contribution in [1.29, 1.82) is 0 Å². The lowest BCUT2D eigenvalue weighted by Crippen LogP contribution is -2.22. The maximum Gasteiger partial charge on any atom is 0.133 e. The third kappa shape index (κ3) is 3.03. The lowest BCUT2D eigenvalue weighted by Gasteiger charge is -2.20. The minimum Gasteiger partial charge on any atom is -0.512 e. The lowest BCUT2D eigenvalue weighted by molar-refractivity contribution is -0.118. The van der Waals surface area contributed by atoms with Crippen molar-refractivity contribution in [1.82, 2.24) is 0 Å². The Labute approximate surface area is 125 Å². The monoisotopic (exact) mass is 286 g/mol. The van der Waals surface area contributed by atoms with Gasteiger partial charge in [-0.05, 0) is 42.7 Å². The summed E-state index contributed by atoms with van der Waals surface area (Å²) in [6.45, 7) is 0. The lowest BCUT2D eigenvalue weighted by atomic mass is 9.89. The fraction of sp³-hybridized carbons (Fsp3) is 0.500. The molecule has 0 bridgehead atoms. The third-order valence-corrected chi connectivity index (χ3v) is 4.95. The fourth-order valence-electron chi connectivity index (χ4n) is 3.96. The Morgan fingerprint density at radius 1 is 1.24 bits per heavy atom. The molecule has 2 aliphatic rings. The number of aliphatic hydroxyl groups is 2. The van der Waals surface area contributed by atoms with Crippen molar-refractivity contribution in [3.8, 4) is 0 Å². The topological polar surface area (TPSA) is 57.5 Å². The highest BCUT2D eigenvalue weighted by Gasteiger charge is 2.49. The molecule has 2 fully saturated rings. The largest absolute Gasteiger partial charge is 0.512 e. The molecule has 2 saturated carbocycles. The maximum absolute atomic E-state index is 11.5. The predicted octanol–water partition coefficient (Wildman–Crippen LogP) is 3.04. The summed E-state index contributed by atoms with van der Waals surface area (Å²) in [5.41, 5.74) is 1.24. The van der Waals surface area contributed by atoms with Gasteiger partial charge in [0.2, 0.25) is 0 Å². The number of Topliss-reactive ketones (excluding diaryl/α,β-unsaturated/α-hetero) is 1. The number of aliphatic hydroxyl groups excluding tert-OH is 2. The van der Waals surface area contributed by atoms with Gasteiger partial charge in [0.1, 0.15) is 5.78 Å². The van der Waals surface area contributed by atoms with E-state index in [-0.39, 0.29) is 29.3 Å². The van der Waals surface area contributed by atoms with Gasteiger partial charge in [-0.3, -0.25) is 4.79 Å². The van der Waals surface area contributed by atoms with E-state index < -0.39 is 6.10 Å². The molecule has 0 amide bonds. The molecule has 2 aliphatic carbocycles. The first kappa shape index (κ1) is 14.3. The quantitative estimate of drug-likeness (QED) is 0.836. The second-order valence-corrected chi connectivity index (χ2v) is 6.35. The number of ketones is 1. The van der Waals surface area contributed by atoms with Gasteiger partial charge in [0.05, 0.1) is 11.9 Å². The first-order valence-corrected chi connectivity index (χ1v) is 7.78. The molecule has 4 atom stereocenters. The zero-order valence-corrected chi connectivity index (χ0v) is 12.1. The van der Waals surface area contributed by atoms with E-state index in [1.54, 1.807) is 0 Å². The molecule has 3 heteroatoms. The summed E-state index contributed by atoms with van der Waals surface area (Å²) in [4.78, 5) is 11.5. The Morgan fingerprint density at radius 3 is 2.76 bits per heavy atom. The van der Waals surface area contributed by atoms with E-state index in [1.165, 1.54) is 5.56 Å². The number of fused-ring (bicyclic) bond motifs is 1. The molecule has 1 aromatic rings. The summed E-state index contributed by atoms with van der Waals surface area (Å²) in [6, 6.07) is 10.1. The number of hydrogen-bond donors (Lipinski definition) is 2. The standard InChI is InChI=1S/C18H22O3/c19-14-9-13-10-17(21)18(15(13)11-14)16(20)8-4-7-12-5-2-1-3-6-12/h1-3,5-6,8,13,15,17-18,20-21H,4,7,9-11H2/b16-8+/t13-,15-,17+,18-/m0/s1. The number of carbonyl (C=O) groups is 1. The summed E-state index contributed by atoms with van der Waals surface area (Å²) in [5, 5.41) is 20.5. The van der Waals surface area contributed by atoms with Crippen LogP contribution in [0.1, 0.15) is 31.2 Å². The van der Waals surface area contributed by atoms with Gasteiger partial charge >= 0.3 is 0 Å². The van der Waals surface area contributed by atoms with Crippen molar-refractivity contribution in [2.24, 2.45) is 17.8 Å². The van der Waals surface area contributed by atoms with E-state index in [0.717, 1.165) is 12.8 Å². The average Bonchev–Trinajstić information content (AvgIpc) is 2.94. The van der Waals surface area contributed by atoms with Crippen LogP contribution in [0.15, 0.2) is 42.2 Å². The van der Waals surface area contributed by atoms with Crippen LogP contribution in [-0.2, 0) is 11.2 Å². The fourth-order valence-corrected chi connectivity index (χ4v) is 3.96. The molecule has 0 radical (unpaired) electrons. The van der Waals surface area contributed by atoms with Gasteiger partial charge in [-0.25, -0.2) is 0 Å². The molecule has 0 heterocycles. The molecule has 3 nitrogen and oxygen atoms in total. The second-order valence-electron chi connectivity index (χ2n) is 6.35.